The fraction of sp³-hybridized carbons (Fsp3) is 0.368. The topological polar surface area (TPSA) is 182 Å². The molecule has 1 fully saturated rings. The standard InChI is InChI=1S/C19H21IN7O8P/c1-11-22-9-27(23-11)17-15-14(13(34-2)7-21-17)12(8-26(15)10-35-36(31,32)33)16(28)18(29)24-3-5-25(6-4-24)19(20)30/h7-9H,3-6,10H2,1-2H3,(H2,31,32,33). The average Bonchev–Trinajstić information content (AvgIpc) is 3.45. The number of aromatic nitrogens is 5. The van der Waals surface area contributed by atoms with E-state index in [9.17, 15) is 28.7 Å². The quantitative estimate of drug-likeness (QED) is 0.0941. The second-order valence-corrected chi connectivity index (χ2v) is 9.89. The van der Waals surface area contributed by atoms with E-state index in [2.05, 4.69) is 19.6 Å². The molecule has 0 aliphatic carbocycles. The van der Waals surface area contributed by atoms with Gasteiger partial charge in [0.2, 0.25) is 0 Å². The van der Waals surface area contributed by atoms with Crippen LogP contribution in [0.5, 0.6) is 5.75 Å². The molecule has 0 aromatic carbocycles. The van der Waals surface area contributed by atoms with E-state index < -0.39 is 26.2 Å². The summed E-state index contributed by atoms with van der Waals surface area (Å²) in [4.78, 5) is 67.9. The Morgan fingerprint density at radius 1 is 1.14 bits per heavy atom. The molecule has 0 unspecified atom stereocenters. The molecule has 1 saturated heterocycles. The Balaban J connectivity index is 1.81. The van der Waals surface area contributed by atoms with Gasteiger partial charge in [0.25, 0.3) is 15.6 Å². The predicted octanol–water partition coefficient (Wildman–Crippen LogP) is 0.883. The molecule has 0 spiro atoms. The fourth-order valence-electron chi connectivity index (χ4n) is 3.82. The summed E-state index contributed by atoms with van der Waals surface area (Å²) in [5, 5.41) is 4.41. The number of nitrogens with zero attached hydrogens (tertiary/aromatic N) is 7. The van der Waals surface area contributed by atoms with E-state index in [4.69, 9.17) is 4.74 Å². The number of rotatable bonds is 7. The summed E-state index contributed by atoms with van der Waals surface area (Å²) in [6, 6.07) is 0. The van der Waals surface area contributed by atoms with Crippen LogP contribution >= 0.6 is 30.4 Å². The van der Waals surface area contributed by atoms with Crippen LogP contribution in [0.2, 0.25) is 0 Å². The third-order valence-electron chi connectivity index (χ3n) is 5.50. The molecule has 192 valence electrons. The number of hydrogen-bond donors (Lipinski definition) is 2. The lowest BCUT2D eigenvalue weighted by atomic mass is 10.1. The number of carbonyl (C=O) groups is 3. The number of carbonyl (C=O) groups excluding carboxylic acids is 3. The normalized spacial score (nSPS) is 14.4. The molecule has 3 aromatic rings. The van der Waals surface area contributed by atoms with Gasteiger partial charge in [0, 0.05) is 55.0 Å². The van der Waals surface area contributed by atoms with Gasteiger partial charge in [-0.3, -0.25) is 18.9 Å². The summed E-state index contributed by atoms with van der Waals surface area (Å²) in [5.74, 6) is -0.906. The maximum absolute atomic E-state index is 13.4. The van der Waals surface area contributed by atoms with Gasteiger partial charge >= 0.3 is 7.82 Å². The first-order valence-corrected chi connectivity index (χ1v) is 13.0. The number of aryl methyl sites for hydroxylation is 1. The van der Waals surface area contributed by atoms with E-state index in [0.717, 1.165) is 0 Å². The van der Waals surface area contributed by atoms with Gasteiger partial charge in [-0.1, -0.05) is 0 Å². The van der Waals surface area contributed by atoms with Gasteiger partial charge in [-0.25, -0.2) is 19.2 Å². The summed E-state index contributed by atoms with van der Waals surface area (Å²) in [5.41, 5.74) is 0.109. The SMILES string of the molecule is COc1cnc(-n2cnc(C)n2)c2c1c(C(=O)C(=O)N1CCN(C(=O)I)CC1)cn2COP(=O)(O)O. The zero-order valence-electron chi connectivity index (χ0n) is 19.1. The van der Waals surface area contributed by atoms with Crippen LogP contribution in [0, 0.1) is 6.92 Å². The first-order valence-electron chi connectivity index (χ1n) is 10.4. The van der Waals surface area contributed by atoms with E-state index in [1.54, 1.807) is 34.4 Å². The van der Waals surface area contributed by atoms with Crippen LogP contribution in [0.15, 0.2) is 18.7 Å². The van der Waals surface area contributed by atoms with Crippen molar-refractivity contribution in [3.05, 3.63) is 30.1 Å². The minimum atomic E-state index is -4.88. The van der Waals surface area contributed by atoms with E-state index in [-0.39, 0.29) is 45.0 Å². The van der Waals surface area contributed by atoms with Crippen molar-refractivity contribution in [2.75, 3.05) is 33.3 Å². The van der Waals surface area contributed by atoms with Gasteiger partial charge in [0.15, 0.2) is 5.82 Å². The Morgan fingerprint density at radius 3 is 2.36 bits per heavy atom. The van der Waals surface area contributed by atoms with E-state index in [0.29, 0.717) is 18.9 Å². The molecule has 4 rings (SSSR count). The van der Waals surface area contributed by atoms with E-state index >= 15 is 0 Å². The number of amides is 2. The molecule has 0 radical (unpaired) electrons. The van der Waals surface area contributed by atoms with Crippen molar-refractivity contribution in [1.82, 2.24) is 34.1 Å². The smallest absolute Gasteiger partial charge is 0.471 e. The molecular weight excluding hydrogens is 612 g/mol. The lowest BCUT2D eigenvalue weighted by Gasteiger charge is -2.33. The summed E-state index contributed by atoms with van der Waals surface area (Å²) in [7, 11) is -3.52. The van der Waals surface area contributed by atoms with Gasteiger partial charge in [-0.15, -0.1) is 0 Å². The summed E-state index contributed by atoms with van der Waals surface area (Å²) < 4.78 is 23.9. The number of halogens is 1. The Bertz CT molecular complexity index is 1390. The van der Waals surface area contributed by atoms with Crippen LogP contribution in [-0.4, -0.2) is 92.8 Å². The third kappa shape index (κ3) is 5.27. The highest BCUT2D eigenvalue weighted by Crippen LogP contribution is 2.39. The Hall–Kier alpha value is -2.92. The van der Waals surface area contributed by atoms with Crippen LogP contribution in [0.1, 0.15) is 16.2 Å². The Labute approximate surface area is 217 Å². The van der Waals surface area contributed by atoms with Crippen molar-refractivity contribution in [2.45, 2.75) is 13.7 Å². The van der Waals surface area contributed by atoms with Crippen LogP contribution in [-0.2, 0) is 20.6 Å². The lowest BCUT2D eigenvalue weighted by molar-refractivity contribution is -0.127. The number of phosphoric ester groups is 1. The second kappa shape index (κ2) is 10.2. The number of fused-ring (bicyclic) bond motifs is 1. The molecule has 2 N–H and O–H groups in total. The molecule has 2 amide bonds. The monoisotopic (exact) mass is 633 g/mol. The first kappa shape index (κ1) is 26.2. The zero-order valence-corrected chi connectivity index (χ0v) is 22.1. The number of pyridine rings is 1. The van der Waals surface area contributed by atoms with E-state index in [1.165, 1.54) is 40.0 Å². The van der Waals surface area contributed by atoms with Crippen molar-refractivity contribution in [2.24, 2.45) is 0 Å². The van der Waals surface area contributed by atoms with Crippen molar-refractivity contribution in [1.29, 1.82) is 0 Å². The highest BCUT2D eigenvalue weighted by atomic mass is 127. The van der Waals surface area contributed by atoms with Gasteiger partial charge in [-0.05, 0) is 6.92 Å². The molecule has 1 aliphatic heterocycles. The number of ketones is 1. The van der Waals surface area contributed by atoms with Gasteiger partial charge in [0.05, 0.1) is 24.3 Å². The molecule has 15 nitrogen and oxygen atoms in total. The van der Waals surface area contributed by atoms with Crippen molar-refractivity contribution >= 4 is 56.9 Å². The summed E-state index contributed by atoms with van der Waals surface area (Å²) >= 11 is 1.67. The maximum Gasteiger partial charge on any atom is 0.471 e. The number of methoxy groups -OCH3 is 1. The Kier molecular flexibility index (Phi) is 7.42. The predicted molar refractivity (Wildman–Crippen MR) is 131 cm³/mol. The first-order chi connectivity index (χ1) is 17.0. The molecule has 1 aliphatic rings. The van der Waals surface area contributed by atoms with Crippen LogP contribution in [0.4, 0.5) is 4.79 Å². The third-order valence-corrected chi connectivity index (χ3v) is 6.64. The van der Waals surface area contributed by atoms with Crippen LogP contribution in [0.25, 0.3) is 16.7 Å². The lowest BCUT2D eigenvalue weighted by Crippen LogP contribution is -2.51. The average molecular weight is 633 g/mol. The van der Waals surface area contributed by atoms with Gasteiger partial charge < -0.3 is 28.9 Å². The Morgan fingerprint density at radius 2 is 1.81 bits per heavy atom. The second-order valence-electron chi connectivity index (χ2n) is 7.73. The molecule has 36 heavy (non-hydrogen) atoms. The molecule has 0 bridgehead atoms. The largest absolute Gasteiger partial charge is 0.494 e. The number of ether oxygens (including phenoxy) is 1. The van der Waals surface area contributed by atoms with Crippen LogP contribution in [0.3, 0.4) is 0 Å². The van der Waals surface area contributed by atoms with E-state index in [1.807, 2.05) is 0 Å². The molecule has 3 aromatic heterocycles. The summed E-state index contributed by atoms with van der Waals surface area (Å²) in [6.07, 6.45) is 3.98. The minimum absolute atomic E-state index is 0.0750. The van der Waals surface area contributed by atoms with Crippen molar-refractivity contribution in [3.8, 4) is 11.6 Å². The van der Waals surface area contributed by atoms with Crippen molar-refractivity contribution in [3.63, 3.8) is 0 Å². The maximum atomic E-state index is 13.4. The zero-order chi connectivity index (χ0) is 26.2. The number of piperazine rings is 1. The molecular formula is C19H21IN7O8P. The number of phosphoric acid groups is 1. The van der Waals surface area contributed by atoms with Crippen LogP contribution < -0.4 is 4.74 Å². The highest BCUT2D eigenvalue weighted by molar-refractivity contribution is 14.1. The molecule has 0 saturated carbocycles. The van der Waals surface area contributed by atoms with Gasteiger partial charge in [-0.2, -0.15) is 5.10 Å². The minimum Gasteiger partial charge on any atom is -0.494 e. The fourth-order valence-corrected chi connectivity index (χ4v) is 4.57. The van der Waals surface area contributed by atoms with Gasteiger partial charge in [0.1, 0.15) is 30.1 Å². The molecule has 4 heterocycles. The molecule has 0 atom stereocenters. The molecule has 17 heteroatoms. The number of hydrogen-bond acceptors (Lipinski definition) is 9. The highest BCUT2D eigenvalue weighted by Gasteiger charge is 2.32. The number of Topliss-reactive ketones (excluding diaryl/α,β-unsaturated/α-hetero) is 1. The van der Waals surface area contributed by atoms with Crippen molar-refractivity contribution < 1.29 is 38.0 Å². The summed E-state index contributed by atoms with van der Waals surface area (Å²) in [6.45, 7) is 1.95.